The molecule has 2 unspecified atom stereocenters. The summed E-state index contributed by atoms with van der Waals surface area (Å²) in [7, 11) is 0. The van der Waals surface area contributed by atoms with Crippen molar-refractivity contribution in [2.24, 2.45) is 5.92 Å². The second kappa shape index (κ2) is 6.01. The maximum absolute atomic E-state index is 12.3. The second-order valence-electron chi connectivity index (χ2n) is 5.35. The lowest BCUT2D eigenvalue weighted by Crippen LogP contribution is -2.48. The predicted molar refractivity (Wildman–Crippen MR) is 77.1 cm³/mol. The zero-order valence-electron chi connectivity index (χ0n) is 11.9. The number of hydrogen-bond acceptors (Lipinski definition) is 5. The number of aromatic nitrogens is 4. The molecule has 1 aromatic carbocycles. The molecule has 1 amide bonds. The topological polar surface area (TPSA) is 84.7 Å². The molecule has 7 heteroatoms. The van der Waals surface area contributed by atoms with Gasteiger partial charge in [-0.1, -0.05) is 6.92 Å². The van der Waals surface area contributed by atoms with E-state index in [9.17, 15) is 4.79 Å². The van der Waals surface area contributed by atoms with E-state index in [-0.39, 0.29) is 11.9 Å². The minimum Gasteiger partial charge on any atom is -0.349 e. The highest BCUT2D eigenvalue weighted by Gasteiger charge is 2.22. The number of rotatable bonds is 3. The minimum absolute atomic E-state index is 0.0305. The van der Waals surface area contributed by atoms with Gasteiger partial charge in [-0.15, -0.1) is 5.10 Å². The Hall–Kier alpha value is -2.28. The highest BCUT2D eigenvalue weighted by Crippen LogP contribution is 2.12. The molecule has 1 saturated heterocycles. The lowest BCUT2D eigenvalue weighted by Gasteiger charge is -2.30. The largest absolute Gasteiger partial charge is 0.349 e. The van der Waals surface area contributed by atoms with Crippen molar-refractivity contribution in [3.63, 3.8) is 0 Å². The maximum Gasteiger partial charge on any atom is 0.251 e. The van der Waals surface area contributed by atoms with E-state index in [2.05, 4.69) is 33.1 Å². The number of nitrogens with zero attached hydrogens (tertiary/aromatic N) is 4. The molecule has 2 heterocycles. The van der Waals surface area contributed by atoms with Crippen LogP contribution in [0.4, 0.5) is 0 Å². The van der Waals surface area contributed by atoms with Crippen LogP contribution < -0.4 is 10.6 Å². The fraction of sp³-hybridized carbons (Fsp3) is 0.429. The number of benzene rings is 1. The van der Waals surface area contributed by atoms with Crippen molar-refractivity contribution in [2.75, 3.05) is 13.1 Å². The molecule has 2 atom stereocenters. The van der Waals surface area contributed by atoms with Crippen LogP contribution in [0.25, 0.3) is 5.69 Å². The van der Waals surface area contributed by atoms with E-state index in [0.29, 0.717) is 11.5 Å². The van der Waals surface area contributed by atoms with Gasteiger partial charge in [-0.2, -0.15) is 0 Å². The van der Waals surface area contributed by atoms with E-state index in [1.54, 1.807) is 16.8 Å². The molecule has 0 bridgehead atoms. The Labute approximate surface area is 122 Å². The molecule has 7 nitrogen and oxygen atoms in total. The SMILES string of the molecule is CC1CNCCC1NC(=O)c1ccc(-n2cnnn2)cc1. The lowest BCUT2D eigenvalue weighted by molar-refractivity contribution is 0.0914. The van der Waals surface area contributed by atoms with Crippen LogP contribution in [0.15, 0.2) is 30.6 Å². The molecule has 0 aliphatic carbocycles. The molecule has 0 radical (unpaired) electrons. The van der Waals surface area contributed by atoms with Crippen molar-refractivity contribution >= 4 is 5.91 Å². The summed E-state index contributed by atoms with van der Waals surface area (Å²) < 4.78 is 1.55. The van der Waals surface area contributed by atoms with Crippen molar-refractivity contribution < 1.29 is 4.79 Å². The summed E-state index contributed by atoms with van der Waals surface area (Å²) in [6.07, 6.45) is 2.49. The summed E-state index contributed by atoms with van der Waals surface area (Å²) in [5, 5.41) is 17.4. The molecule has 1 fully saturated rings. The van der Waals surface area contributed by atoms with Crippen molar-refractivity contribution in [1.29, 1.82) is 0 Å². The normalized spacial score (nSPS) is 22.0. The van der Waals surface area contributed by atoms with Gasteiger partial charge in [0.2, 0.25) is 0 Å². The Balaban J connectivity index is 1.67. The summed E-state index contributed by atoms with van der Waals surface area (Å²) in [6.45, 7) is 4.05. The third-order valence-electron chi connectivity index (χ3n) is 3.84. The van der Waals surface area contributed by atoms with Gasteiger partial charge in [-0.25, -0.2) is 4.68 Å². The van der Waals surface area contributed by atoms with Gasteiger partial charge in [0.1, 0.15) is 6.33 Å². The van der Waals surface area contributed by atoms with Gasteiger partial charge in [0.15, 0.2) is 0 Å². The average Bonchev–Trinajstić information content (AvgIpc) is 3.04. The van der Waals surface area contributed by atoms with Gasteiger partial charge in [0, 0.05) is 11.6 Å². The van der Waals surface area contributed by atoms with Crippen LogP contribution in [0.5, 0.6) is 0 Å². The Morgan fingerprint density at radius 1 is 1.38 bits per heavy atom. The van der Waals surface area contributed by atoms with Gasteiger partial charge >= 0.3 is 0 Å². The molecule has 21 heavy (non-hydrogen) atoms. The Kier molecular flexibility index (Phi) is 3.92. The Morgan fingerprint density at radius 2 is 2.19 bits per heavy atom. The predicted octanol–water partition coefficient (Wildman–Crippen LogP) is 0.390. The quantitative estimate of drug-likeness (QED) is 0.852. The van der Waals surface area contributed by atoms with Gasteiger partial charge in [-0.3, -0.25) is 4.79 Å². The first kappa shape index (κ1) is 13.7. The summed E-state index contributed by atoms with van der Waals surface area (Å²) >= 11 is 0. The molecule has 3 rings (SSSR count). The van der Waals surface area contributed by atoms with Gasteiger partial charge in [0.05, 0.1) is 5.69 Å². The number of tetrazole rings is 1. The fourth-order valence-corrected chi connectivity index (χ4v) is 2.53. The van der Waals surface area contributed by atoms with E-state index in [1.165, 1.54) is 6.33 Å². The third-order valence-corrected chi connectivity index (χ3v) is 3.84. The molecule has 2 aromatic rings. The summed E-state index contributed by atoms with van der Waals surface area (Å²) in [6, 6.07) is 7.47. The van der Waals surface area contributed by atoms with Crippen molar-refractivity contribution in [3.05, 3.63) is 36.2 Å². The van der Waals surface area contributed by atoms with Crippen molar-refractivity contribution in [2.45, 2.75) is 19.4 Å². The molecule has 1 aliphatic rings. The van der Waals surface area contributed by atoms with Crippen molar-refractivity contribution in [3.8, 4) is 5.69 Å². The van der Waals surface area contributed by atoms with Crippen molar-refractivity contribution in [1.82, 2.24) is 30.8 Å². The summed E-state index contributed by atoms with van der Waals surface area (Å²) in [5.74, 6) is 0.417. The first-order valence-electron chi connectivity index (χ1n) is 7.09. The molecule has 1 aliphatic heterocycles. The molecular formula is C14H18N6O. The van der Waals surface area contributed by atoms with Crippen LogP contribution in [0.2, 0.25) is 0 Å². The molecular weight excluding hydrogens is 268 g/mol. The van der Waals surface area contributed by atoms with E-state index >= 15 is 0 Å². The number of carbonyl (C=O) groups excluding carboxylic acids is 1. The van der Waals surface area contributed by atoms with Crippen LogP contribution in [-0.4, -0.2) is 45.2 Å². The standard InChI is InChI=1S/C14H18N6O/c1-10-8-15-7-6-13(10)17-14(21)11-2-4-12(5-3-11)20-9-16-18-19-20/h2-5,9-10,13,15H,6-8H2,1H3,(H,17,21). The number of carbonyl (C=O) groups is 1. The molecule has 0 spiro atoms. The zero-order valence-corrected chi connectivity index (χ0v) is 11.9. The third kappa shape index (κ3) is 3.08. The van der Waals surface area contributed by atoms with E-state index in [1.807, 2.05) is 12.1 Å². The highest BCUT2D eigenvalue weighted by molar-refractivity contribution is 5.94. The van der Waals surface area contributed by atoms with Gasteiger partial charge in [0.25, 0.3) is 5.91 Å². The summed E-state index contributed by atoms with van der Waals surface area (Å²) in [5.41, 5.74) is 1.48. The minimum atomic E-state index is -0.0305. The number of amides is 1. The van der Waals surface area contributed by atoms with E-state index in [4.69, 9.17) is 0 Å². The molecule has 110 valence electrons. The Morgan fingerprint density at radius 3 is 2.86 bits per heavy atom. The van der Waals surface area contributed by atoms with E-state index < -0.39 is 0 Å². The van der Waals surface area contributed by atoms with E-state index in [0.717, 1.165) is 25.2 Å². The fourth-order valence-electron chi connectivity index (χ4n) is 2.53. The van der Waals surface area contributed by atoms with Crippen LogP contribution in [0.1, 0.15) is 23.7 Å². The van der Waals surface area contributed by atoms with Gasteiger partial charge in [-0.05, 0) is 60.1 Å². The highest BCUT2D eigenvalue weighted by atomic mass is 16.1. The number of hydrogen-bond donors (Lipinski definition) is 2. The van der Waals surface area contributed by atoms with Gasteiger partial charge < -0.3 is 10.6 Å². The summed E-state index contributed by atoms with van der Waals surface area (Å²) in [4.78, 5) is 12.3. The molecule has 0 saturated carbocycles. The average molecular weight is 286 g/mol. The smallest absolute Gasteiger partial charge is 0.251 e. The second-order valence-corrected chi connectivity index (χ2v) is 5.35. The Bertz CT molecular complexity index is 594. The monoisotopic (exact) mass is 286 g/mol. The maximum atomic E-state index is 12.3. The van der Waals surface area contributed by atoms with Crippen LogP contribution in [0, 0.1) is 5.92 Å². The first-order chi connectivity index (χ1) is 10.2. The lowest BCUT2D eigenvalue weighted by atomic mass is 9.95. The number of piperidine rings is 1. The van der Waals surface area contributed by atoms with Crippen LogP contribution in [0.3, 0.4) is 0 Å². The molecule has 1 aromatic heterocycles. The van der Waals surface area contributed by atoms with Crippen LogP contribution in [-0.2, 0) is 0 Å². The first-order valence-corrected chi connectivity index (χ1v) is 7.09. The van der Waals surface area contributed by atoms with Crippen LogP contribution >= 0.6 is 0 Å². The zero-order chi connectivity index (χ0) is 14.7. The molecule has 2 N–H and O–H groups in total. The number of nitrogens with one attached hydrogen (secondary N) is 2.